The van der Waals surface area contributed by atoms with E-state index in [0.29, 0.717) is 31.9 Å². The molecule has 1 heterocycles. The number of hydrogen-bond acceptors (Lipinski definition) is 3. The lowest BCUT2D eigenvalue weighted by Gasteiger charge is -2.40. The zero-order chi connectivity index (χ0) is 18.6. The highest BCUT2D eigenvalue weighted by Crippen LogP contribution is 2.33. The summed E-state index contributed by atoms with van der Waals surface area (Å²) in [6.45, 7) is 6.16. The SMILES string of the molecule is CC(C)CC(O)(Cc1cc(F)ccc1-c1ccccc1)C1CNCCO1. The van der Waals surface area contributed by atoms with E-state index in [1.807, 2.05) is 30.3 Å². The number of aliphatic hydroxyl groups is 1. The van der Waals surface area contributed by atoms with E-state index in [1.54, 1.807) is 12.1 Å². The van der Waals surface area contributed by atoms with Crippen molar-refractivity contribution in [3.8, 4) is 11.1 Å². The Morgan fingerprint density at radius 3 is 2.65 bits per heavy atom. The summed E-state index contributed by atoms with van der Waals surface area (Å²) in [5, 5.41) is 14.8. The van der Waals surface area contributed by atoms with E-state index in [0.717, 1.165) is 23.2 Å². The zero-order valence-corrected chi connectivity index (χ0v) is 15.5. The summed E-state index contributed by atoms with van der Waals surface area (Å²) in [5.74, 6) is 0.0218. The maximum atomic E-state index is 14.0. The molecule has 2 atom stereocenters. The largest absolute Gasteiger partial charge is 0.387 e. The van der Waals surface area contributed by atoms with Crippen LogP contribution < -0.4 is 5.32 Å². The standard InChI is InChI=1S/C22H28FNO2/c1-16(2)13-22(25,21-15-24-10-11-26-21)14-18-12-19(23)8-9-20(18)17-6-4-3-5-7-17/h3-9,12,16,21,24-25H,10-11,13-15H2,1-2H3. The molecule has 1 aliphatic heterocycles. The predicted molar refractivity (Wildman–Crippen MR) is 103 cm³/mol. The number of nitrogens with one attached hydrogen (secondary N) is 1. The van der Waals surface area contributed by atoms with Gasteiger partial charge in [0, 0.05) is 19.5 Å². The molecule has 140 valence electrons. The smallest absolute Gasteiger partial charge is 0.123 e. The molecule has 2 aromatic rings. The Balaban J connectivity index is 1.97. The average molecular weight is 357 g/mol. The van der Waals surface area contributed by atoms with E-state index >= 15 is 0 Å². The van der Waals surface area contributed by atoms with Gasteiger partial charge >= 0.3 is 0 Å². The van der Waals surface area contributed by atoms with E-state index in [9.17, 15) is 9.50 Å². The molecule has 1 aliphatic rings. The van der Waals surface area contributed by atoms with Gasteiger partial charge in [-0.3, -0.25) is 0 Å². The van der Waals surface area contributed by atoms with Crippen molar-refractivity contribution in [3.63, 3.8) is 0 Å². The van der Waals surface area contributed by atoms with Crippen LogP contribution in [-0.2, 0) is 11.2 Å². The van der Waals surface area contributed by atoms with Gasteiger partial charge in [0.2, 0.25) is 0 Å². The van der Waals surface area contributed by atoms with Crippen LogP contribution in [0, 0.1) is 11.7 Å². The van der Waals surface area contributed by atoms with Gasteiger partial charge in [-0.15, -0.1) is 0 Å². The zero-order valence-electron chi connectivity index (χ0n) is 15.5. The third-order valence-corrected chi connectivity index (χ3v) is 4.94. The topological polar surface area (TPSA) is 41.5 Å². The number of benzene rings is 2. The Bertz CT molecular complexity index is 713. The first-order valence-electron chi connectivity index (χ1n) is 9.36. The van der Waals surface area contributed by atoms with Crippen molar-refractivity contribution >= 4 is 0 Å². The van der Waals surface area contributed by atoms with Crippen LogP contribution in [0.25, 0.3) is 11.1 Å². The molecule has 0 aromatic heterocycles. The molecule has 3 rings (SSSR count). The van der Waals surface area contributed by atoms with Gasteiger partial charge in [0.05, 0.1) is 18.3 Å². The fourth-order valence-corrected chi connectivity index (χ4v) is 3.87. The molecular weight excluding hydrogens is 329 g/mol. The third-order valence-electron chi connectivity index (χ3n) is 4.94. The van der Waals surface area contributed by atoms with Crippen LogP contribution in [0.3, 0.4) is 0 Å². The molecule has 26 heavy (non-hydrogen) atoms. The molecule has 4 heteroatoms. The van der Waals surface area contributed by atoms with E-state index in [-0.39, 0.29) is 11.9 Å². The molecule has 0 saturated carbocycles. The fraction of sp³-hybridized carbons (Fsp3) is 0.455. The molecule has 0 aliphatic carbocycles. The van der Waals surface area contributed by atoms with Gasteiger partial charge in [0.15, 0.2) is 0 Å². The molecule has 0 bridgehead atoms. The maximum Gasteiger partial charge on any atom is 0.123 e. The van der Waals surface area contributed by atoms with Crippen molar-refractivity contribution in [3.05, 3.63) is 59.9 Å². The number of ether oxygens (including phenoxy) is 1. The summed E-state index contributed by atoms with van der Waals surface area (Å²) in [6.07, 6.45) is 0.661. The molecule has 3 nitrogen and oxygen atoms in total. The lowest BCUT2D eigenvalue weighted by Crippen LogP contribution is -2.55. The first-order chi connectivity index (χ1) is 12.5. The Morgan fingerprint density at radius 2 is 2.00 bits per heavy atom. The third kappa shape index (κ3) is 4.50. The van der Waals surface area contributed by atoms with Crippen LogP contribution in [0.2, 0.25) is 0 Å². The summed E-state index contributed by atoms with van der Waals surface area (Å²) < 4.78 is 19.9. The van der Waals surface area contributed by atoms with Crippen LogP contribution in [0.1, 0.15) is 25.8 Å². The van der Waals surface area contributed by atoms with Gasteiger partial charge in [-0.05, 0) is 41.2 Å². The molecule has 0 spiro atoms. The summed E-state index contributed by atoms with van der Waals surface area (Å²) in [4.78, 5) is 0. The number of morpholine rings is 1. The Hall–Kier alpha value is -1.75. The van der Waals surface area contributed by atoms with E-state index in [2.05, 4.69) is 19.2 Å². The first kappa shape index (κ1) is 19.0. The summed E-state index contributed by atoms with van der Waals surface area (Å²) in [7, 11) is 0. The number of halogens is 1. The molecule has 0 radical (unpaired) electrons. The minimum atomic E-state index is -1.04. The van der Waals surface area contributed by atoms with Crippen molar-refractivity contribution in [2.75, 3.05) is 19.7 Å². The van der Waals surface area contributed by atoms with Crippen LogP contribution in [0.5, 0.6) is 0 Å². The second-order valence-electron chi connectivity index (χ2n) is 7.61. The molecule has 1 saturated heterocycles. The van der Waals surface area contributed by atoms with Gasteiger partial charge in [0.1, 0.15) is 5.82 Å². The Labute approximate surface area is 155 Å². The maximum absolute atomic E-state index is 14.0. The average Bonchev–Trinajstić information content (AvgIpc) is 2.62. The monoisotopic (exact) mass is 357 g/mol. The second kappa shape index (κ2) is 8.30. The Morgan fingerprint density at radius 1 is 1.23 bits per heavy atom. The minimum absolute atomic E-state index is 0.283. The quantitative estimate of drug-likeness (QED) is 0.826. The molecule has 0 amide bonds. The summed E-state index contributed by atoms with van der Waals surface area (Å²) in [5.41, 5.74) is 1.75. The van der Waals surface area contributed by atoms with Crippen LogP contribution in [-0.4, -0.2) is 36.5 Å². The van der Waals surface area contributed by atoms with Crippen molar-refractivity contribution < 1.29 is 14.2 Å². The highest BCUT2D eigenvalue weighted by atomic mass is 19.1. The van der Waals surface area contributed by atoms with E-state index in [1.165, 1.54) is 6.07 Å². The van der Waals surface area contributed by atoms with Gasteiger partial charge in [-0.1, -0.05) is 50.2 Å². The molecule has 2 unspecified atom stereocenters. The van der Waals surface area contributed by atoms with E-state index in [4.69, 9.17) is 4.74 Å². The van der Waals surface area contributed by atoms with Gasteiger partial charge in [0.25, 0.3) is 0 Å². The molecule has 2 aromatic carbocycles. The van der Waals surface area contributed by atoms with Crippen LogP contribution >= 0.6 is 0 Å². The lowest BCUT2D eigenvalue weighted by atomic mass is 9.80. The van der Waals surface area contributed by atoms with Crippen molar-refractivity contribution in [1.29, 1.82) is 0 Å². The van der Waals surface area contributed by atoms with Crippen LogP contribution in [0.4, 0.5) is 4.39 Å². The lowest BCUT2D eigenvalue weighted by molar-refractivity contribution is -0.127. The highest BCUT2D eigenvalue weighted by Gasteiger charge is 2.39. The fourth-order valence-electron chi connectivity index (χ4n) is 3.87. The predicted octanol–water partition coefficient (Wildman–Crippen LogP) is 3.80. The Kier molecular flexibility index (Phi) is 6.07. The number of rotatable bonds is 6. The molecule has 1 fully saturated rings. The van der Waals surface area contributed by atoms with Crippen molar-refractivity contribution in [2.45, 2.75) is 38.4 Å². The van der Waals surface area contributed by atoms with Crippen molar-refractivity contribution in [2.24, 2.45) is 5.92 Å². The molecule has 2 N–H and O–H groups in total. The first-order valence-corrected chi connectivity index (χ1v) is 9.36. The molecular formula is C22H28FNO2. The van der Waals surface area contributed by atoms with Crippen LogP contribution in [0.15, 0.2) is 48.5 Å². The normalized spacial score (nSPS) is 20.1. The number of hydrogen-bond donors (Lipinski definition) is 2. The second-order valence-corrected chi connectivity index (χ2v) is 7.61. The summed E-state index contributed by atoms with van der Waals surface area (Å²) >= 11 is 0. The van der Waals surface area contributed by atoms with Gasteiger partial charge in [-0.25, -0.2) is 4.39 Å². The van der Waals surface area contributed by atoms with E-state index < -0.39 is 5.60 Å². The summed E-state index contributed by atoms with van der Waals surface area (Å²) in [6, 6.07) is 14.7. The van der Waals surface area contributed by atoms with Crippen molar-refractivity contribution in [1.82, 2.24) is 5.32 Å². The minimum Gasteiger partial charge on any atom is -0.387 e. The highest BCUT2D eigenvalue weighted by molar-refractivity contribution is 5.67. The van der Waals surface area contributed by atoms with Gasteiger partial charge < -0.3 is 15.2 Å². The van der Waals surface area contributed by atoms with Gasteiger partial charge in [-0.2, -0.15) is 0 Å².